The summed E-state index contributed by atoms with van der Waals surface area (Å²) in [5.74, 6) is -0.180. The second-order valence-corrected chi connectivity index (χ2v) is 7.26. The molecule has 0 N–H and O–H groups in total. The lowest BCUT2D eigenvalue weighted by Crippen LogP contribution is -2.29. The zero-order valence-corrected chi connectivity index (χ0v) is 17.1. The predicted octanol–water partition coefficient (Wildman–Crippen LogP) is 4.82. The quantitative estimate of drug-likeness (QED) is 0.504. The van der Waals surface area contributed by atoms with Gasteiger partial charge in [0.2, 0.25) is 5.91 Å². The minimum atomic E-state index is -0.337. The smallest absolute Gasteiger partial charge is 0.330 e. The fourth-order valence-electron chi connectivity index (χ4n) is 3.44. The average molecular weight is 389 g/mol. The van der Waals surface area contributed by atoms with Crippen molar-refractivity contribution >= 4 is 18.0 Å². The van der Waals surface area contributed by atoms with Gasteiger partial charge in [-0.05, 0) is 55.0 Å². The van der Waals surface area contributed by atoms with E-state index < -0.39 is 0 Å². The third kappa shape index (κ3) is 5.92. The van der Waals surface area contributed by atoms with Crippen LogP contribution in [0.4, 0.5) is 0 Å². The summed E-state index contributed by atoms with van der Waals surface area (Å²) in [5.41, 5.74) is 5.61. The molecule has 1 aliphatic heterocycles. The Labute approximate surface area is 172 Å². The molecule has 0 atom stereocenters. The highest BCUT2D eigenvalue weighted by molar-refractivity contribution is 5.87. The highest BCUT2D eigenvalue weighted by Crippen LogP contribution is 2.24. The molecule has 0 unspecified atom stereocenters. The summed E-state index contributed by atoms with van der Waals surface area (Å²) < 4.78 is 4.98. The van der Waals surface area contributed by atoms with Gasteiger partial charge >= 0.3 is 5.97 Å². The van der Waals surface area contributed by atoms with Crippen LogP contribution in [0.3, 0.4) is 0 Å². The lowest BCUT2D eigenvalue weighted by molar-refractivity contribution is -0.137. The first-order valence-corrected chi connectivity index (χ1v) is 10.0. The van der Waals surface area contributed by atoms with E-state index in [2.05, 4.69) is 18.2 Å². The molecule has 0 aliphatic carbocycles. The van der Waals surface area contributed by atoms with Crippen molar-refractivity contribution in [1.29, 1.82) is 0 Å². The molecule has 0 saturated heterocycles. The van der Waals surface area contributed by atoms with Crippen LogP contribution >= 0.6 is 0 Å². The fourth-order valence-corrected chi connectivity index (χ4v) is 3.44. The third-order valence-corrected chi connectivity index (χ3v) is 4.92. The number of hydrogen-bond donors (Lipinski definition) is 0. The molecule has 4 nitrogen and oxygen atoms in total. The Kier molecular flexibility index (Phi) is 7.01. The van der Waals surface area contributed by atoms with Gasteiger partial charge in [-0.25, -0.2) is 4.79 Å². The summed E-state index contributed by atoms with van der Waals surface area (Å²) in [7, 11) is 0. The SMILES string of the molecule is CCOC(=O)/C=C/c1cc(C)ccc1CC1=CN(Cc2ccccc2)C(=O)CC1. The summed E-state index contributed by atoms with van der Waals surface area (Å²) in [6.07, 6.45) is 7.33. The number of nitrogens with zero attached hydrogens (tertiary/aromatic N) is 1. The molecular weight excluding hydrogens is 362 g/mol. The van der Waals surface area contributed by atoms with Crippen LogP contribution in [-0.2, 0) is 27.3 Å². The number of ether oxygens (including phenoxy) is 1. The lowest BCUT2D eigenvalue weighted by Gasteiger charge is -2.25. The molecule has 0 fully saturated rings. The molecule has 2 aromatic carbocycles. The number of aryl methyl sites for hydroxylation is 1. The average Bonchev–Trinajstić information content (AvgIpc) is 2.71. The van der Waals surface area contributed by atoms with Crippen molar-refractivity contribution in [2.75, 3.05) is 6.61 Å². The van der Waals surface area contributed by atoms with E-state index in [4.69, 9.17) is 4.74 Å². The molecule has 150 valence electrons. The summed E-state index contributed by atoms with van der Waals surface area (Å²) in [5, 5.41) is 0. The summed E-state index contributed by atoms with van der Waals surface area (Å²) >= 11 is 0. The molecule has 0 radical (unpaired) electrons. The molecule has 3 rings (SSSR count). The molecule has 0 saturated carbocycles. The zero-order valence-electron chi connectivity index (χ0n) is 17.1. The normalized spacial score (nSPS) is 14.2. The Morgan fingerprint density at radius 2 is 1.93 bits per heavy atom. The number of amides is 1. The zero-order chi connectivity index (χ0) is 20.6. The van der Waals surface area contributed by atoms with Gasteiger partial charge in [-0.2, -0.15) is 0 Å². The Hall–Kier alpha value is -3.14. The van der Waals surface area contributed by atoms with Crippen molar-refractivity contribution < 1.29 is 14.3 Å². The van der Waals surface area contributed by atoms with Crippen molar-refractivity contribution in [2.24, 2.45) is 0 Å². The Morgan fingerprint density at radius 1 is 1.14 bits per heavy atom. The molecule has 0 aromatic heterocycles. The number of benzene rings is 2. The Balaban J connectivity index is 1.78. The van der Waals surface area contributed by atoms with Crippen molar-refractivity contribution in [1.82, 2.24) is 4.90 Å². The van der Waals surface area contributed by atoms with Crippen LogP contribution in [0.25, 0.3) is 6.08 Å². The summed E-state index contributed by atoms with van der Waals surface area (Å²) in [6.45, 7) is 4.78. The van der Waals surface area contributed by atoms with Gasteiger partial charge in [0.05, 0.1) is 13.2 Å². The first-order valence-electron chi connectivity index (χ1n) is 10.0. The summed E-state index contributed by atoms with van der Waals surface area (Å²) in [4.78, 5) is 25.9. The second kappa shape index (κ2) is 9.87. The van der Waals surface area contributed by atoms with Crippen LogP contribution in [0.1, 0.15) is 42.0 Å². The minimum Gasteiger partial charge on any atom is -0.463 e. The molecule has 29 heavy (non-hydrogen) atoms. The van der Waals surface area contributed by atoms with E-state index in [1.807, 2.05) is 54.4 Å². The van der Waals surface area contributed by atoms with E-state index in [1.54, 1.807) is 6.92 Å². The van der Waals surface area contributed by atoms with Crippen molar-refractivity contribution in [3.8, 4) is 0 Å². The Morgan fingerprint density at radius 3 is 2.69 bits per heavy atom. The number of carbonyl (C=O) groups excluding carboxylic acids is 2. The van der Waals surface area contributed by atoms with Crippen LogP contribution in [-0.4, -0.2) is 23.4 Å². The van der Waals surface area contributed by atoms with Gasteiger partial charge < -0.3 is 9.64 Å². The largest absolute Gasteiger partial charge is 0.463 e. The standard InChI is InChI=1S/C25H27NO3/c1-3-29-25(28)14-12-22-15-19(2)9-11-23(22)16-21-10-13-24(27)26(18-21)17-20-7-5-4-6-8-20/h4-9,11-12,14-15,18H,3,10,13,16-17H2,1-2H3/b14-12+. The van der Waals surface area contributed by atoms with E-state index in [1.165, 1.54) is 11.6 Å². The first kappa shape index (κ1) is 20.6. The molecule has 1 heterocycles. The maximum absolute atomic E-state index is 12.4. The van der Waals surface area contributed by atoms with Crippen LogP contribution in [0, 0.1) is 6.92 Å². The van der Waals surface area contributed by atoms with Crippen LogP contribution in [0.2, 0.25) is 0 Å². The van der Waals surface area contributed by atoms with Gasteiger partial charge in [0.15, 0.2) is 0 Å². The maximum atomic E-state index is 12.4. The summed E-state index contributed by atoms with van der Waals surface area (Å²) in [6, 6.07) is 16.3. The van der Waals surface area contributed by atoms with E-state index >= 15 is 0 Å². The molecule has 4 heteroatoms. The van der Waals surface area contributed by atoms with E-state index in [0.717, 1.165) is 35.1 Å². The van der Waals surface area contributed by atoms with Gasteiger partial charge in [0, 0.05) is 18.7 Å². The van der Waals surface area contributed by atoms with Gasteiger partial charge in [-0.3, -0.25) is 4.79 Å². The fraction of sp³-hybridized carbons (Fsp3) is 0.280. The number of hydrogen-bond acceptors (Lipinski definition) is 3. The number of esters is 1. The topological polar surface area (TPSA) is 46.6 Å². The molecule has 1 aliphatic rings. The molecular formula is C25H27NO3. The first-order chi connectivity index (χ1) is 14.0. The number of carbonyl (C=O) groups is 2. The molecule has 0 spiro atoms. The molecule has 0 bridgehead atoms. The van der Waals surface area contributed by atoms with E-state index in [0.29, 0.717) is 19.6 Å². The van der Waals surface area contributed by atoms with Crippen LogP contribution in [0.15, 0.2) is 66.4 Å². The van der Waals surface area contributed by atoms with Crippen LogP contribution in [0.5, 0.6) is 0 Å². The van der Waals surface area contributed by atoms with E-state index in [9.17, 15) is 9.59 Å². The van der Waals surface area contributed by atoms with Crippen LogP contribution < -0.4 is 0 Å². The second-order valence-electron chi connectivity index (χ2n) is 7.26. The van der Waals surface area contributed by atoms with Gasteiger partial charge in [-0.1, -0.05) is 54.1 Å². The third-order valence-electron chi connectivity index (χ3n) is 4.92. The van der Waals surface area contributed by atoms with Gasteiger partial charge in [0.1, 0.15) is 0 Å². The monoisotopic (exact) mass is 389 g/mol. The van der Waals surface area contributed by atoms with Crippen molar-refractivity contribution in [3.63, 3.8) is 0 Å². The lowest BCUT2D eigenvalue weighted by atomic mass is 9.94. The highest BCUT2D eigenvalue weighted by Gasteiger charge is 2.19. The number of rotatable bonds is 7. The van der Waals surface area contributed by atoms with E-state index in [-0.39, 0.29) is 11.9 Å². The van der Waals surface area contributed by atoms with Gasteiger partial charge in [0.25, 0.3) is 0 Å². The highest BCUT2D eigenvalue weighted by atomic mass is 16.5. The molecule has 1 amide bonds. The predicted molar refractivity (Wildman–Crippen MR) is 115 cm³/mol. The minimum absolute atomic E-state index is 0.156. The molecule has 2 aromatic rings. The van der Waals surface area contributed by atoms with Gasteiger partial charge in [-0.15, -0.1) is 0 Å². The van der Waals surface area contributed by atoms with Crippen molar-refractivity contribution in [2.45, 2.75) is 39.7 Å². The van der Waals surface area contributed by atoms with Crippen molar-refractivity contribution in [3.05, 3.63) is 88.6 Å². The Bertz CT molecular complexity index is 928. The number of allylic oxidation sites excluding steroid dienone is 1. The maximum Gasteiger partial charge on any atom is 0.330 e.